The zero-order chi connectivity index (χ0) is 17.0. The van der Waals surface area contributed by atoms with Crippen LogP contribution in [-0.2, 0) is 17.9 Å². The Morgan fingerprint density at radius 3 is 2.57 bits per heavy atom. The lowest BCUT2D eigenvalue weighted by molar-refractivity contribution is -0.121. The van der Waals surface area contributed by atoms with Crippen LogP contribution in [0.4, 0.5) is 0 Å². The smallest absolute Gasteiger partial charge is 0.221 e. The molecule has 8 heteroatoms. The van der Waals surface area contributed by atoms with Gasteiger partial charge in [-0.15, -0.1) is 0 Å². The standard InChI is InChI=1S/C15H21BrClN5O/c1-10-13(17)9-21(19-10)7-4-6-18-14(23)5-8-22-12(3)15(16)11(2)20-22/h9H,4-8H2,1-3H3,(H,18,23). The summed E-state index contributed by atoms with van der Waals surface area (Å²) in [6.45, 7) is 7.74. The molecule has 2 aromatic heterocycles. The Hall–Kier alpha value is -1.34. The Kier molecular flexibility index (Phi) is 6.24. The van der Waals surface area contributed by atoms with Gasteiger partial charge < -0.3 is 5.32 Å². The normalized spacial score (nSPS) is 11.0. The molecule has 0 aliphatic carbocycles. The summed E-state index contributed by atoms with van der Waals surface area (Å²) in [7, 11) is 0. The molecular formula is C15H21BrClN5O. The Balaban J connectivity index is 1.68. The van der Waals surface area contributed by atoms with Crippen LogP contribution in [0.1, 0.15) is 29.9 Å². The van der Waals surface area contributed by atoms with Gasteiger partial charge in [0.2, 0.25) is 5.91 Å². The summed E-state index contributed by atoms with van der Waals surface area (Å²) >= 11 is 9.44. The van der Waals surface area contributed by atoms with Crippen molar-refractivity contribution in [3.63, 3.8) is 0 Å². The zero-order valence-corrected chi connectivity index (χ0v) is 15.9. The fourth-order valence-corrected chi connectivity index (χ4v) is 2.70. The molecule has 0 saturated heterocycles. The van der Waals surface area contributed by atoms with Crippen LogP contribution in [0.2, 0.25) is 5.02 Å². The zero-order valence-electron chi connectivity index (χ0n) is 13.6. The molecule has 126 valence electrons. The Morgan fingerprint density at radius 2 is 2.00 bits per heavy atom. The van der Waals surface area contributed by atoms with Crippen LogP contribution in [0.3, 0.4) is 0 Å². The van der Waals surface area contributed by atoms with E-state index >= 15 is 0 Å². The Bertz CT molecular complexity index is 675. The van der Waals surface area contributed by atoms with E-state index in [-0.39, 0.29) is 5.91 Å². The minimum absolute atomic E-state index is 0.0309. The highest BCUT2D eigenvalue weighted by atomic mass is 79.9. The lowest BCUT2D eigenvalue weighted by Crippen LogP contribution is -2.26. The van der Waals surface area contributed by atoms with Crippen molar-refractivity contribution in [3.8, 4) is 0 Å². The van der Waals surface area contributed by atoms with E-state index in [0.29, 0.717) is 24.5 Å². The predicted molar refractivity (Wildman–Crippen MR) is 93.6 cm³/mol. The van der Waals surface area contributed by atoms with E-state index in [2.05, 4.69) is 31.4 Å². The maximum atomic E-state index is 11.9. The van der Waals surface area contributed by atoms with Crippen LogP contribution >= 0.6 is 27.5 Å². The number of nitrogens with one attached hydrogen (secondary N) is 1. The number of hydrogen-bond acceptors (Lipinski definition) is 3. The molecule has 0 saturated carbocycles. The summed E-state index contributed by atoms with van der Waals surface area (Å²) in [4.78, 5) is 11.9. The van der Waals surface area contributed by atoms with Gasteiger partial charge >= 0.3 is 0 Å². The molecule has 23 heavy (non-hydrogen) atoms. The second-order valence-corrected chi connectivity index (χ2v) is 6.69. The Morgan fingerprint density at radius 1 is 1.26 bits per heavy atom. The summed E-state index contributed by atoms with van der Waals surface area (Å²) in [5.74, 6) is 0.0309. The van der Waals surface area contributed by atoms with Gasteiger partial charge in [-0.3, -0.25) is 14.2 Å². The van der Waals surface area contributed by atoms with E-state index in [1.807, 2.05) is 25.5 Å². The van der Waals surface area contributed by atoms with Crippen molar-refractivity contribution in [2.45, 2.75) is 46.7 Å². The summed E-state index contributed by atoms with van der Waals surface area (Å²) in [5, 5.41) is 12.3. The first kappa shape index (κ1) is 18.0. The van der Waals surface area contributed by atoms with Gasteiger partial charge in [0.1, 0.15) is 0 Å². The number of hydrogen-bond donors (Lipinski definition) is 1. The molecule has 0 aliphatic heterocycles. The average molecular weight is 403 g/mol. The van der Waals surface area contributed by atoms with Crippen molar-refractivity contribution in [2.24, 2.45) is 0 Å². The van der Waals surface area contributed by atoms with Crippen LogP contribution in [0, 0.1) is 20.8 Å². The largest absolute Gasteiger partial charge is 0.356 e. The number of aromatic nitrogens is 4. The summed E-state index contributed by atoms with van der Waals surface area (Å²) < 4.78 is 4.66. The van der Waals surface area contributed by atoms with Gasteiger partial charge in [0.05, 0.1) is 27.4 Å². The first-order valence-corrected chi connectivity index (χ1v) is 8.71. The van der Waals surface area contributed by atoms with E-state index in [1.54, 1.807) is 10.9 Å². The van der Waals surface area contributed by atoms with Gasteiger partial charge in [0.15, 0.2) is 0 Å². The second kappa shape index (κ2) is 7.97. The van der Waals surface area contributed by atoms with Crippen molar-refractivity contribution in [3.05, 3.63) is 32.8 Å². The molecule has 2 heterocycles. The number of aryl methyl sites for hydroxylation is 4. The number of carbonyl (C=O) groups is 1. The molecule has 0 aliphatic rings. The molecule has 1 amide bonds. The first-order chi connectivity index (χ1) is 10.9. The van der Waals surface area contributed by atoms with Crippen molar-refractivity contribution in [1.82, 2.24) is 24.9 Å². The molecule has 0 radical (unpaired) electrons. The summed E-state index contributed by atoms with van der Waals surface area (Å²) in [6.07, 6.45) is 3.04. The van der Waals surface area contributed by atoms with E-state index in [9.17, 15) is 4.79 Å². The molecule has 0 fully saturated rings. The molecule has 0 spiro atoms. The van der Waals surface area contributed by atoms with Gasteiger partial charge in [-0.05, 0) is 43.1 Å². The third-order valence-electron chi connectivity index (χ3n) is 3.62. The van der Waals surface area contributed by atoms with Gasteiger partial charge in [0.25, 0.3) is 0 Å². The van der Waals surface area contributed by atoms with Crippen LogP contribution < -0.4 is 5.32 Å². The van der Waals surface area contributed by atoms with Crippen LogP contribution in [0.25, 0.3) is 0 Å². The van der Waals surface area contributed by atoms with Gasteiger partial charge in [-0.2, -0.15) is 10.2 Å². The van der Waals surface area contributed by atoms with E-state index in [0.717, 1.165) is 34.5 Å². The highest BCUT2D eigenvalue weighted by Crippen LogP contribution is 2.19. The van der Waals surface area contributed by atoms with Crippen molar-refractivity contribution >= 4 is 33.4 Å². The molecule has 0 atom stereocenters. The maximum Gasteiger partial charge on any atom is 0.221 e. The number of rotatable bonds is 7. The molecule has 1 N–H and O–H groups in total. The van der Waals surface area contributed by atoms with Crippen LogP contribution in [0.15, 0.2) is 10.7 Å². The third-order valence-corrected chi connectivity index (χ3v) is 5.14. The number of nitrogens with zero attached hydrogens (tertiary/aromatic N) is 4. The van der Waals surface area contributed by atoms with Crippen molar-refractivity contribution in [2.75, 3.05) is 6.54 Å². The number of halogens is 2. The third kappa shape index (κ3) is 4.81. The second-order valence-electron chi connectivity index (χ2n) is 5.49. The van der Waals surface area contributed by atoms with E-state index in [1.165, 1.54) is 0 Å². The minimum Gasteiger partial charge on any atom is -0.356 e. The van der Waals surface area contributed by atoms with Gasteiger partial charge in [-0.1, -0.05) is 11.6 Å². The lowest BCUT2D eigenvalue weighted by Gasteiger charge is -2.07. The van der Waals surface area contributed by atoms with Gasteiger partial charge in [0, 0.05) is 31.4 Å². The van der Waals surface area contributed by atoms with Crippen LogP contribution in [-0.4, -0.2) is 32.0 Å². The van der Waals surface area contributed by atoms with Gasteiger partial charge in [-0.25, -0.2) is 0 Å². The highest BCUT2D eigenvalue weighted by Gasteiger charge is 2.10. The number of carbonyl (C=O) groups excluding carboxylic acids is 1. The van der Waals surface area contributed by atoms with E-state index < -0.39 is 0 Å². The molecule has 0 aromatic carbocycles. The SMILES string of the molecule is Cc1nn(CCCNC(=O)CCn2nc(C)c(Br)c2C)cc1Cl. The fraction of sp³-hybridized carbons (Fsp3) is 0.533. The Labute approximate surface area is 149 Å². The molecular weight excluding hydrogens is 382 g/mol. The van der Waals surface area contributed by atoms with Crippen LogP contribution in [0.5, 0.6) is 0 Å². The lowest BCUT2D eigenvalue weighted by atomic mass is 10.3. The molecule has 0 unspecified atom stereocenters. The summed E-state index contributed by atoms with van der Waals surface area (Å²) in [5.41, 5.74) is 2.81. The molecule has 0 bridgehead atoms. The maximum absolute atomic E-state index is 11.9. The van der Waals surface area contributed by atoms with Crippen molar-refractivity contribution < 1.29 is 4.79 Å². The quantitative estimate of drug-likeness (QED) is 0.724. The number of amides is 1. The topological polar surface area (TPSA) is 64.7 Å². The minimum atomic E-state index is 0.0309. The summed E-state index contributed by atoms with van der Waals surface area (Å²) in [6, 6.07) is 0. The highest BCUT2D eigenvalue weighted by molar-refractivity contribution is 9.10. The fourth-order valence-electron chi connectivity index (χ4n) is 2.27. The molecule has 2 aromatic rings. The average Bonchev–Trinajstić information content (AvgIpc) is 2.95. The molecule has 2 rings (SSSR count). The molecule has 6 nitrogen and oxygen atoms in total. The predicted octanol–water partition coefficient (Wildman–Crippen LogP) is 3.02. The monoisotopic (exact) mass is 401 g/mol. The van der Waals surface area contributed by atoms with Crippen molar-refractivity contribution in [1.29, 1.82) is 0 Å². The first-order valence-electron chi connectivity index (χ1n) is 7.54. The van der Waals surface area contributed by atoms with E-state index in [4.69, 9.17) is 11.6 Å².